The molecule has 0 atom stereocenters. The van der Waals surface area contributed by atoms with E-state index in [9.17, 15) is 23.3 Å². The van der Waals surface area contributed by atoms with E-state index >= 15 is 0 Å². The highest BCUT2D eigenvalue weighted by Gasteiger charge is 2.32. The molecule has 4 rings (SSSR count). The number of amides is 1. The highest BCUT2D eigenvalue weighted by molar-refractivity contribution is 7.89. The Bertz CT molecular complexity index is 1240. The number of carbonyl (C=O) groups excluding carboxylic acids is 1. The van der Waals surface area contributed by atoms with Crippen LogP contribution in [0.4, 0.5) is 5.69 Å². The van der Waals surface area contributed by atoms with Gasteiger partial charge >= 0.3 is 0 Å². The number of nitro groups is 1. The van der Waals surface area contributed by atoms with Gasteiger partial charge in [-0.05, 0) is 31.2 Å². The van der Waals surface area contributed by atoms with Crippen molar-refractivity contribution in [1.29, 1.82) is 0 Å². The van der Waals surface area contributed by atoms with Gasteiger partial charge in [0.1, 0.15) is 5.58 Å². The van der Waals surface area contributed by atoms with Crippen molar-refractivity contribution in [2.24, 2.45) is 0 Å². The van der Waals surface area contributed by atoms with Gasteiger partial charge < -0.3 is 9.32 Å². The maximum absolute atomic E-state index is 12.8. The van der Waals surface area contributed by atoms with Crippen LogP contribution in [-0.2, 0) is 10.0 Å². The molecule has 9 nitrogen and oxygen atoms in total. The number of furan rings is 1. The van der Waals surface area contributed by atoms with Crippen molar-refractivity contribution in [3.63, 3.8) is 0 Å². The normalized spacial score (nSPS) is 15.4. The number of piperazine rings is 1. The minimum absolute atomic E-state index is 0.0934. The standard InChI is InChI=1S/C20H19N3O6S/c1-14-5-6-18-15(11-14)12-19(29-18)20(24)21-7-9-22(10-8-21)30(27,28)17-4-2-3-16(13-17)23(25)26/h2-6,11-13H,7-10H2,1H3. The molecule has 0 N–H and O–H groups in total. The van der Waals surface area contributed by atoms with Crippen molar-refractivity contribution < 1.29 is 22.6 Å². The smallest absolute Gasteiger partial charge is 0.289 e. The van der Waals surface area contributed by atoms with Gasteiger partial charge in [-0.25, -0.2) is 8.42 Å². The maximum Gasteiger partial charge on any atom is 0.289 e. The predicted molar refractivity (Wildman–Crippen MR) is 109 cm³/mol. The van der Waals surface area contributed by atoms with E-state index in [1.165, 1.54) is 22.5 Å². The number of fused-ring (bicyclic) bond motifs is 1. The van der Waals surface area contributed by atoms with Gasteiger partial charge in [-0.3, -0.25) is 14.9 Å². The molecular weight excluding hydrogens is 410 g/mol. The molecule has 1 fully saturated rings. The summed E-state index contributed by atoms with van der Waals surface area (Å²) in [6, 6.07) is 12.3. The van der Waals surface area contributed by atoms with E-state index in [0.717, 1.165) is 17.0 Å². The van der Waals surface area contributed by atoms with Gasteiger partial charge in [-0.1, -0.05) is 17.7 Å². The first kappa shape index (κ1) is 20.0. The topological polar surface area (TPSA) is 114 Å². The third-order valence-corrected chi connectivity index (χ3v) is 6.97. The molecule has 10 heteroatoms. The van der Waals surface area contributed by atoms with Crippen LogP contribution in [-0.4, -0.2) is 54.6 Å². The Labute approximate surface area is 172 Å². The van der Waals surface area contributed by atoms with Gasteiger partial charge in [0, 0.05) is 43.7 Å². The zero-order valence-electron chi connectivity index (χ0n) is 16.1. The Hall–Kier alpha value is -3.24. The van der Waals surface area contributed by atoms with Crippen molar-refractivity contribution in [2.45, 2.75) is 11.8 Å². The summed E-state index contributed by atoms with van der Waals surface area (Å²) in [7, 11) is -3.89. The summed E-state index contributed by atoms with van der Waals surface area (Å²) in [5.41, 5.74) is 1.39. The average molecular weight is 429 g/mol. The molecule has 0 spiro atoms. The molecule has 1 aliphatic heterocycles. The summed E-state index contributed by atoms with van der Waals surface area (Å²) in [5.74, 6) is -0.0816. The van der Waals surface area contributed by atoms with Gasteiger partial charge in [0.2, 0.25) is 10.0 Å². The summed E-state index contributed by atoms with van der Waals surface area (Å²) >= 11 is 0. The molecule has 1 aliphatic rings. The number of benzene rings is 2. The fourth-order valence-electron chi connectivity index (χ4n) is 3.46. The molecule has 1 amide bonds. The van der Waals surface area contributed by atoms with E-state index in [-0.39, 0.29) is 48.4 Å². The van der Waals surface area contributed by atoms with Crippen molar-refractivity contribution in [1.82, 2.24) is 9.21 Å². The van der Waals surface area contributed by atoms with Crippen LogP contribution in [0.1, 0.15) is 16.1 Å². The Morgan fingerprint density at radius 2 is 1.80 bits per heavy atom. The van der Waals surface area contributed by atoms with Crippen LogP contribution in [0.3, 0.4) is 0 Å². The highest BCUT2D eigenvalue weighted by atomic mass is 32.2. The molecule has 1 aromatic heterocycles. The van der Waals surface area contributed by atoms with E-state index in [1.54, 1.807) is 11.0 Å². The zero-order chi connectivity index (χ0) is 21.5. The summed E-state index contributed by atoms with van der Waals surface area (Å²) < 4.78 is 32.6. The van der Waals surface area contributed by atoms with E-state index in [4.69, 9.17) is 4.42 Å². The van der Waals surface area contributed by atoms with Crippen LogP contribution in [0.5, 0.6) is 0 Å². The van der Waals surface area contributed by atoms with E-state index in [2.05, 4.69) is 0 Å². The first-order valence-electron chi connectivity index (χ1n) is 9.30. The summed E-state index contributed by atoms with van der Waals surface area (Å²) in [6.45, 7) is 2.53. The number of sulfonamides is 1. The molecule has 0 saturated carbocycles. The largest absolute Gasteiger partial charge is 0.451 e. The second kappa shape index (κ2) is 7.54. The fraction of sp³-hybridized carbons (Fsp3) is 0.250. The number of rotatable bonds is 4. The second-order valence-electron chi connectivity index (χ2n) is 7.10. The lowest BCUT2D eigenvalue weighted by atomic mass is 10.2. The Balaban J connectivity index is 1.48. The van der Waals surface area contributed by atoms with Gasteiger partial charge in [0.15, 0.2) is 5.76 Å². The van der Waals surface area contributed by atoms with Crippen LogP contribution >= 0.6 is 0 Å². The van der Waals surface area contributed by atoms with Gasteiger partial charge in [0.25, 0.3) is 11.6 Å². The molecule has 1 saturated heterocycles. The molecule has 0 radical (unpaired) electrons. The monoisotopic (exact) mass is 429 g/mol. The number of non-ortho nitro benzene ring substituents is 1. The SMILES string of the molecule is Cc1ccc2oc(C(=O)N3CCN(S(=O)(=O)c4cccc([N+](=O)[O-])c4)CC3)cc2c1. The van der Waals surface area contributed by atoms with Gasteiger partial charge in [-0.15, -0.1) is 0 Å². The fourth-order valence-corrected chi connectivity index (χ4v) is 4.92. The first-order valence-corrected chi connectivity index (χ1v) is 10.7. The number of hydrogen-bond donors (Lipinski definition) is 0. The third kappa shape index (κ3) is 3.66. The molecular formula is C20H19N3O6S. The second-order valence-corrected chi connectivity index (χ2v) is 9.04. The number of hydrogen-bond acceptors (Lipinski definition) is 6. The molecule has 2 aromatic carbocycles. The van der Waals surface area contributed by atoms with Crippen LogP contribution in [0.2, 0.25) is 0 Å². The zero-order valence-corrected chi connectivity index (χ0v) is 17.0. The summed E-state index contributed by atoms with van der Waals surface area (Å²) in [6.07, 6.45) is 0. The molecule has 0 bridgehead atoms. The lowest BCUT2D eigenvalue weighted by Crippen LogP contribution is -2.50. The van der Waals surface area contributed by atoms with Crippen LogP contribution < -0.4 is 0 Å². The molecule has 2 heterocycles. The lowest BCUT2D eigenvalue weighted by molar-refractivity contribution is -0.385. The first-order chi connectivity index (χ1) is 14.3. The van der Waals surface area contributed by atoms with Crippen molar-refractivity contribution in [2.75, 3.05) is 26.2 Å². The Kier molecular flexibility index (Phi) is 5.04. The quantitative estimate of drug-likeness (QED) is 0.465. The molecule has 0 unspecified atom stereocenters. The Morgan fingerprint density at radius 3 is 2.50 bits per heavy atom. The van der Waals surface area contributed by atoms with E-state index in [0.29, 0.717) is 5.58 Å². The van der Waals surface area contributed by atoms with Crippen molar-refractivity contribution in [3.8, 4) is 0 Å². The number of aryl methyl sites for hydroxylation is 1. The number of nitrogens with zero attached hydrogens (tertiary/aromatic N) is 3. The molecule has 156 valence electrons. The van der Waals surface area contributed by atoms with Crippen LogP contribution in [0, 0.1) is 17.0 Å². The molecule has 3 aromatic rings. The average Bonchev–Trinajstić information content (AvgIpc) is 3.16. The Morgan fingerprint density at radius 1 is 1.07 bits per heavy atom. The van der Waals surface area contributed by atoms with Gasteiger partial charge in [0.05, 0.1) is 9.82 Å². The van der Waals surface area contributed by atoms with Crippen molar-refractivity contribution >= 4 is 32.6 Å². The number of carbonyl (C=O) groups is 1. The van der Waals surface area contributed by atoms with Gasteiger partial charge in [-0.2, -0.15) is 4.31 Å². The van der Waals surface area contributed by atoms with Crippen LogP contribution in [0.15, 0.2) is 57.8 Å². The highest BCUT2D eigenvalue weighted by Crippen LogP contribution is 2.24. The van der Waals surface area contributed by atoms with E-state index in [1.807, 2.05) is 25.1 Å². The third-order valence-electron chi connectivity index (χ3n) is 5.07. The summed E-state index contributed by atoms with van der Waals surface area (Å²) in [4.78, 5) is 24.5. The molecule has 30 heavy (non-hydrogen) atoms. The maximum atomic E-state index is 12.8. The summed E-state index contributed by atoms with van der Waals surface area (Å²) in [5, 5.41) is 11.8. The minimum Gasteiger partial charge on any atom is -0.451 e. The van der Waals surface area contributed by atoms with E-state index < -0.39 is 14.9 Å². The number of nitro benzene ring substituents is 1. The predicted octanol–water partition coefficient (Wildman–Crippen LogP) is 2.80. The lowest BCUT2D eigenvalue weighted by Gasteiger charge is -2.33. The minimum atomic E-state index is -3.89. The molecule has 0 aliphatic carbocycles. The van der Waals surface area contributed by atoms with Crippen LogP contribution in [0.25, 0.3) is 11.0 Å². The van der Waals surface area contributed by atoms with Crippen molar-refractivity contribution in [3.05, 3.63) is 70.0 Å².